The molecule has 0 N–H and O–H groups in total. The molecule has 0 heterocycles. The summed E-state index contributed by atoms with van der Waals surface area (Å²) in [7, 11) is 0. The summed E-state index contributed by atoms with van der Waals surface area (Å²) in [6, 6.07) is 7.19. The lowest BCUT2D eigenvalue weighted by Crippen LogP contribution is -2.23. The van der Waals surface area contributed by atoms with E-state index < -0.39 is 0 Å². The van der Waals surface area contributed by atoms with Gasteiger partial charge in [0.25, 0.3) is 0 Å². The molecule has 1 aromatic carbocycles. The van der Waals surface area contributed by atoms with E-state index in [9.17, 15) is 4.39 Å². The maximum Gasteiger partial charge on any atom is 0.149 e. The molecular weight excluding hydrogens is 211 g/mol. The number of halogens is 1. The number of hydrogen-bond donors (Lipinski definition) is 0. The highest BCUT2D eigenvalue weighted by molar-refractivity contribution is 5.37. The molecule has 17 heavy (non-hydrogen) atoms. The van der Waals surface area contributed by atoms with Crippen LogP contribution in [-0.2, 0) is 0 Å². The van der Waals surface area contributed by atoms with Crippen molar-refractivity contribution in [2.75, 3.05) is 0 Å². The molecule has 88 valence electrons. The Hall–Kier alpha value is -0.980. The normalized spacial score (nSPS) is 38.8. The highest BCUT2D eigenvalue weighted by Gasteiger charge is 2.57. The molecule has 3 aliphatic carbocycles. The fourth-order valence-electron chi connectivity index (χ4n) is 4.84. The van der Waals surface area contributed by atoms with Gasteiger partial charge in [0, 0.05) is 42.5 Å². The zero-order chi connectivity index (χ0) is 11.4. The van der Waals surface area contributed by atoms with Crippen molar-refractivity contribution >= 4 is 0 Å². The van der Waals surface area contributed by atoms with Crippen molar-refractivity contribution in [3.8, 4) is 0 Å². The maximum absolute atomic E-state index is 13.0. The molecule has 3 saturated carbocycles. The van der Waals surface area contributed by atoms with Crippen molar-refractivity contribution in [3.63, 3.8) is 0 Å². The first kappa shape index (κ1) is 9.99. The summed E-state index contributed by atoms with van der Waals surface area (Å²) < 4.78 is 13.0. The van der Waals surface area contributed by atoms with E-state index in [2.05, 4.69) is 0 Å². The van der Waals surface area contributed by atoms with Crippen LogP contribution in [0, 0.1) is 35.4 Å². The second-order valence-electron chi connectivity index (χ2n) is 6.10. The average molecular weight is 229 g/mol. The van der Waals surface area contributed by atoms with E-state index in [4.69, 9.17) is 0 Å². The Kier molecular flexibility index (Phi) is 2.06. The van der Waals surface area contributed by atoms with Crippen LogP contribution in [0.2, 0.25) is 0 Å². The van der Waals surface area contributed by atoms with Crippen LogP contribution < -0.4 is 0 Å². The van der Waals surface area contributed by atoms with Crippen molar-refractivity contribution in [2.45, 2.75) is 32.1 Å². The number of rotatable bonds is 1. The maximum atomic E-state index is 13.0. The van der Waals surface area contributed by atoms with Gasteiger partial charge in [-0.15, -0.1) is 0 Å². The Morgan fingerprint density at radius 2 is 1.82 bits per heavy atom. The lowest BCUT2D eigenvalue weighted by molar-refractivity contribution is 0.285. The molecule has 0 spiro atoms. The summed E-state index contributed by atoms with van der Waals surface area (Å²) in [5.74, 6) is 5.30. The average Bonchev–Trinajstić information content (AvgIpc) is 3.02. The molecule has 0 amide bonds. The Morgan fingerprint density at radius 1 is 1.06 bits per heavy atom. The van der Waals surface area contributed by atoms with Crippen LogP contribution in [0.1, 0.15) is 37.7 Å². The Bertz CT molecular complexity index is 422. The molecule has 1 aromatic rings. The van der Waals surface area contributed by atoms with Crippen molar-refractivity contribution in [1.29, 1.82) is 0 Å². The highest BCUT2D eigenvalue weighted by atomic mass is 19.1. The van der Waals surface area contributed by atoms with Gasteiger partial charge in [-0.05, 0) is 37.0 Å². The molecule has 4 rings (SSSR count). The smallest absolute Gasteiger partial charge is 0.149 e. The summed E-state index contributed by atoms with van der Waals surface area (Å²) in [5.41, 5.74) is 1.31. The van der Waals surface area contributed by atoms with E-state index in [0.29, 0.717) is 0 Å². The van der Waals surface area contributed by atoms with Crippen molar-refractivity contribution < 1.29 is 4.39 Å². The van der Waals surface area contributed by atoms with Crippen LogP contribution in [0.3, 0.4) is 0 Å². The Labute approximate surface area is 102 Å². The molecule has 0 nitrogen and oxygen atoms in total. The first-order chi connectivity index (χ1) is 8.33. The van der Waals surface area contributed by atoms with E-state index >= 15 is 0 Å². The van der Waals surface area contributed by atoms with Gasteiger partial charge in [-0.25, -0.2) is 4.39 Å². The van der Waals surface area contributed by atoms with Gasteiger partial charge in [0.2, 0.25) is 0 Å². The van der Waals surface area contributed by atoms with Crippen molar-refractivity contribution in [3.05, 3.63) is 41.6 Å². The molecule has 0 unspecified atom stereocenters. The van der Waals surface area contributed by atoms with Crippen LogP contribution >= 0.6 is 0 Å². The number of benzene rings is 1. The van der Waals surface area contributed by atoms with Gasteiger partial charge in [0.05, 0.1) is 0 Å². The fraction of sp³-hybridized carbons (Fsp3) is 0.562. The zero-order valence-corrected chi connectivity index (χ0v) is 10.0. The van der Waals surface area contributed by atoms with Crippen LogP contribution in [0.4, 0.5) is 4.39 Å². The highest BCUT2D eigenvalue weighted by Crippen LogP contribution is 2.63. The second-order valence-corrected chi connectivity index (χ2v) is 6.10. The lowest BCUT2D eigenvalue weighted by atomic mass is 9.73. The Balaban J connectivity index is 1.63. The summed E-state index contributed by atoms with van der Waals surface area (Å²) in [6.45, 7) is 0. The van der Waals surface area contributed by atoms with Gasteiger partial charge < -0.3 is 0 Å². The van der Waals surface area contributed by atoms with Crippen molar-refractivity contribution in [1.82, 2.24) is 0 Å². The third-order valence-electron chi connectivity index (χ3n) is 5.45. The van der Waals surface area contributed by atoms with Crippen LogP contribution in [0.25, 0.3) is 0 Å². The summed E-state index contributed by atoms with van der Waals surface area (Å²) in [5, 5.41) is 0. The molecule has 0 aliphatic heterocycles. The van der Waals surface area contributed by atoms with E-state index in [0.717, 1.165) is 23.7 Å². The molecule has 0 aromatic heterocycles. The molecule has 4 atom stereocenters. The van der Waals surface area contributed by atoms with E-state index in [-0.39, 0.29) is 5.82 Å². The van der Waals surface area contributed by atoms with Gasteiger partial charge in [-0.3, -0.25) is 0 Å². The van der Waals surface area contributed by atoms with Gasteiger partial charge in [0.1, 0.15) is 11.4 Å². The predicted octanol–water partition coefficient (Wildman–Crippen LogP) is 4.20. The zero-order valence-electron chi connectivity index (χ0n) is 10.0. The third kappa shape index (κ3) is 1.38. The first-order valence-electron chi connectivity index (χ1n) is 6.94. The third-order valence-corrected chi connectivity index (χ3v) is 5.45. The number of fused-ring (bicyclic) bond motifs is 5. The quantitative estimate of drug-likeness (QED) is 0.633. The van der Waals surface area contributed by atoms with Crippen LogP contribution in [0.5, 0.6) is 0 Å². The minimum atomic E-state index is -0.115. The largest absolute Gasteiger partial charge is 0.204 e. The first-order valence-corrected chi connectivity index (χ1v) is 6.94. The molecule has 0 radical (unpaired) electrons. The fourth-order valence-corrected chi connectivity index (χ4v) is 4.84. The topological polar surface area (TPSA) is 0 Å². The molecule has 3 aliphatic rings. The van der Waals surface area contributed by atoms with Crippen molar-refractivity contribution in [2.24, 2.45) is 23.7 Å². The monoisotopic (exact) mass is 229 g/mol. The standard InChI is InChI=1S/C16H18F/c17-12-6-4-10(5-7-12)15-8-11-9-16(15)14-3-1-2-13(11)14/h4-7,11,13-14,16H,1-3,8-9H2/q+1/t11-,13-,14-,16+/m1/s1. The summed E-state index contributed by atoms with van der Waals surface area (Å²) in [4.78, 5) is 0. The SMILES string of the molecule is Fc1ccc([C+]2C[C@@H]3C[C@H]2[C@@H]2CCC[C@H]32)cc1. The molecular formula is C16H18F+. The molecule has 2 bridgehead atoms. The minimum absolute atomic E-state index is 0.115. The van der Waals surface area contributed by atoms with Gasteiger partial charge in [0.15, 0.2) is 0 Å². The molecule has 3 fully saturated rings. The van der Waals surface area contributed by atoms with Crippen LogP contribution in [-0.4, -0.2) is 0 Å². The van der Waals surface area contributed by atoms with Gasteiger partial charge in [-0.1, -0.05) is 6.42 Å². The minimum Gasteiger partial charge on any atom is -0.204 e. The summed E-state index contributed by atoms with van der Waals surface area (Å²) in [6.07, 6.45) is 7.07. The Morgan fingerprint density at radius 3 is 2.65 bits per heavy atom. The van der Waals surface area contributed by atoms with Crippen LogP contribution in [0.15, 0.2) is 24.3 Å². The predicted molar refractivity (Wildman–Crippen MR) is 65.8 cm³/mol. The molecule has 0 saturated heterocycles. The summed E-state index contributed by atoms with van der Waals surface area (Å²) >= 11 is 0. The van der Waals surface area contributed by atoms with E-state index in [1.165, 1.54) is 37.7 Å². The molecule has 1 heteroatoms. The van der Waals surface area contributed by atoms with Gasteiger partial charge >= 0.3 is 0 Å². The van der Waals surface area contributed by atoms with E-state index in [1.807, 2.05) is 12.1 Å². The van der Waals surface area contributed by atoms with E-state index in [1.54, 1.807) is 18.1 Å². The number of hydrogen-bond acceptors (Lipinski definition) is 0. The lowest BCUT2D eigenvalue weighted by Gasteiger charge is -2.27. The second kappa shape index (κ2) is 3.51. The van der Waals surface area contributed by atoms with Gasteiger partial charge in [-0.2, -0.15) is 0 Å².